The van der Waals surface area contributed by atoms with E-state index in [4.69, 9.17) is 9.26 Å². The Bertz CT molecular complexity index is 314. The molecule has 1 rings (SSSR count). The Labute approximate surface area is 96.6 Å². The molecule has 0 aliphatic rings. The fourth-order valence-corrected chi connectivity index (χ4v) is 1.45. The Hall–Kier alpha value is -0.940. The number of likely N-dealkylation sites (N-methyl/N-ethyl adjacent to an activating group) is 1. The third kappa shape index (κ3) is 3.02. The second-order valence-electron chi connectivity index (χ2n) is 3.88. The highest BCUT2D eigenvalue weighted by atomic mass is 16.5. The summed E-state index contributed by atoms with van der Waals surface area (Å²) in [6.07, 6.45) is 1.57. The Morgan fingerprint density at radius 3 is 2.75 bits per heavy atom. The first-order valence-corrected chi connectivity index (χ1v) is 5.78. The standard InChI is InChI=1S/C11H21N3O2/c1-5-11(3,15-6-2)10-13-9(16-14-10)7-8-12-4/h12H,5-8H2,1-4H3. The number of hydrogen-bond donors (Lipinski definition) is 1. The van der Waals surface area contributed by atoms with E-state index in [-0.39, 0.29) is 0 Å². The zero-order valence-corrected chi connectivity index (χ0v) is 10.5. The molecule has 1 aromatic rings. The number of ether oxygens (including phenoxy) is 1. The van der Waals surface area contributed by atoms with Crippen LogP contribution in [0.25, 0.3) is 0 Å². The zero-order valence-electron chi connectivity index (χ0n) is 10.5. The van der Waals surface area contributed by atoms with E-state index in [0.29, 0.717) is 18.3 Å². The minimum Gasteiger partial charge on any atom is -0.367 e. The van der Waals surface area contributed by atoms with Gasteiger partial charge in [0.25, 0.3) is 0 Å². The highest BCUT2D eigenvalue weighted by Gasteiger charge is 2.30. The average molecular weight is 227 g/mol. The van der Waals surface area contributed by atoms with Crippen molar-refractivity contribution in [3.8, 4) is 0 Å². The molecule has 1 unspecified atom stereocenters. The Morgan fingerprint density at radius 2 is 2.19 bits per heavy atom. The summed E-state index contributed by atoms with van der Waals surface area (Å²) in [6.45, 7) is 7.49. The quantitative estimate of drug-likeness (QED) is 0.764. The third-order valence-corrected chi connectivity index (χ3v) is 2.67. The van der Waals surface area contributed by atoms with Gasteiger partial charge in [0.2, 0.25) is 11.7 Å². The molecule has 0 saturated heterocycles. The van der Waals surface area contributed by atoms with Crippen LogP contribution in [0.15, 0.2) is 4.52 Å². The summed E-state index contributed by atoms with van der Waals surface area (Å²) in [6, 6.07) is 0. The molecular weight excluding hydrogens is 206 g/mol. The van der Waals surface area contributed by atoms with Crippen LogP contribution in [-0.4, -0.2) is 30.3 Å². The largest absolute Gasteiger partial charge is 0.367 e. The molecule has 0 fully saturated rings. The molecule has 0 aliphatic heterocycles. The molecule has 1 aromatic heterocycles. The van der Waals surface area contributed by atoms with E-state index in [1.807, 2.05) is 20.9 Å². The molecule has 16 heavy (non-hydrogen) atoms. The smallest absolute Gasteiger partial charge is 0.228 e. The molecule has 0 spiro atoms. The van der Waals surface area contributed by atoms with Gasteiger partial charge in [-0.2, -0.15) is 4.98 Å². The summed E-state index contributed by atoms with van der Waals surface area (Å²) in [5.41, 5.74) is -0.434. The van der Waals surface area contributed by atoms with E-state index >= 15 is 0 Å². The first-order chi connectivity index (χ1) is 7.66. The molecule has 0 bridgehead atoms. The number of nitrogens with one attached hydrogen (secondary N) is 1. The van der Waals surface area contributed by atoms with Crippen LogP contribution in [0.3, 0.4) is 0 Å². The monoisotopic (exact) mass is 227 g/mol. The fourth-order valence-electron chi connectivity index (χ4n) is 1.45. The van der Waals surface area contributed by atoms with E-state index in [9.17, 15) is 0 Å². The van der Waals surface area contributed by atoms with Crippen LogP contribution in [-0.2, 0) is 16.8 Å². The van der Waals surface area contributed by atoms with Gasteiger partial charge in [0.05, 0.1) is 0 Å². The van der Waals surface area contributed by atoms with Gasteiger partial charge in [-0.15, -0.1) is 0 Å². The van der Waals surface area contributed by atoms with Gasteiger partial charge in [0, 0.05) is 19.6 Å². The Morgan fingerprint density at radius 1 is 1.44 bits per heavy atom. The van der Waals surface area contributed by atoms with E-state index in [1.54, 1.807) is 0 Å². The normalized spacial score (nSPS) is 15.0. The average Bonchev–Trinajstić information content (AvgIpc) is 2.75. The van der Waals surface area contributed by atoms with Gasteiger partial charge in [-0.3, -0.25) is 0 Å². The number of nitrogens with zero attached hydrogens (tertiary/aromatic N) is 2. The summed E-state index contributed by atoms with van der Waals surface area (Å²) in [4.78, 5) is 4.37. The second-order valence-corrected chi connectivity index (χ2v) is 3.88. The van der Waals surface area contributed by atoms with E-state index in [0.717, 1.165) is 19.4 Å². The highest BCUT2D eigenvalue weighted by molar-refractivity contribution is 4.99. The molecule has 0 amide bonds. The zero-order chi connectivity index (χ0) is 12.0. The first kappa shape index (κ1) is 13.1. The lowest BCUT2D eigenvalue weighted by Crippen LogP contribution is -2.26. The van der Waals surface area contributed by atoms with Gasteiger partial charge in [-0.1, -0.05) is 12.1 Å². The van der Waals surface area contributed by atoms with E-state index in [1.165, 1.54) is 0 Å². The van der Waals surface area contributed by atoms with Crippen LogP contribution in [0, 0.1) is 0 Å². The van der Waals surface area contributed by atoms with Gasteiger partial charge >= 0.3 is 0 Å². The van der Waals surface area contributed by atoms with Crippen molar-refractivity contribution in [2.45, 2.75) is 39.2 Å². The lowest BCUT2D eigenvalue weighted by molar-refractivity contribution is -0.0403. The van der Waals surface area contributed by atoms with Crippen LogP contribution in [0.1, 0.15) is 38.9 Å². The van der Waals surface area contributed by atoms with Crippen LogP contribution < -0.4 is 5.32 Å². The molecular formula is C11H21N3O2. The minimum absolute atomic E-state index is 0.434. The summed E-state index contributed by atoms with van der Waals surface area (Å²) in [5, 5.41) is 7.04. The van der Waals surface area contributed by atoms with Gasteiger partial charge in [-0.25, -0.2) is 0 Å². The van der Waals surface area contributed by atoms with Crippen LogP contribution in [0.5, 0.6) is 0 Å². The molecule has 0 aliphatic carbocycles. The van der Waals surface area contributed by atoms with Gasteiger partial charge in [-0.05, 0) is 27.3 Å². The first-order valence-electron chi connectivity index (χ1n) is 5.78. The summed E-state index contributed by atoms with van der Waals surface area (Å²) < 4.78 is 10.9. The van der Waals surface area contributed by atoms with Crippen molar-refractivity contribution in [2.75, 3.05) is 20.2 Å². The van der Waals surface area contributed by atoms with Crippen molar-refractivity contribution in [2.24, 2.45) is 0 Å². The van der Waals surface area contributed by atoms with Crippen molar-refractivity contribution in [3.63, 3.8) is 0 Å². The fraction of sp³-hybridized carbons (Fsp3) is 0.818. The van der Waals surface area contributed by atoms with E-state index < -0.39 is 5.60 Å². The third-order valence-electron chi connectivity index (χ3n) is 2.67. The number of aromatic nitrogens is 2. The molecule has 5 heteroatoms. The van der Waals surface area contributed by atoms with Crippen molar-refractivity contribution < 1.29 is 9.26 Å². The lowest BCUT2D eigenvalue weighted by Gasteiger charge is -2.23. The van der Waals surface area contributed by atoms with Crippen LogP contribution in [0.4, 0.5) is 0 Å². The van der Waals surface area contributed by atoms with Gasteiger partial charge in [0.1, 0.15) is 5.60 Å². The van der Waals surface area contributed by atoms with Crippen LogP contribution >= 0.6 is 0 Å². The maximum atomic E-state index is 5.68. The predicted octanol–water partition coefficient (Wildman–Crippen LogP) is 1.49. The van der Waals surface area contributed by atoms with Crippen molar-refractivity contribution in [1.29, 1.82) is 0 Å². The molecule has 92 valence electrons. The molecule has 1 N–H and O–H groups in total. The molecule has 0 aromatic carbocycles. The van der Waals surface area contributed by atoms with Crippen LogP contribution in [0.2, 0.25) is 0 Å². The van der Waals surface area contributed by atoms with Gasteiger partial charge < -0.3 is 14.6 Å². The van der Waals surface area contributed by atoms with Crippen molar-refractivity contribution in [3.05, 3.63) is 11.7 Å². The molecule has 5 nitrogen and oxygen atoms in total. The summed E-state index contributed by atoms with van der Waals surface area (Å²) >= 11 is 0. The maximum absolute atomic E-state index is 5.68. The Balaban J connectivity index is 2.74. The summed E-state index contributed by atoms with van der Waals surface area (Å²) in [7, 11) is 1.90. The number of hydrogen-bond acceptors (Lipinski definition) is 5. The topological polar surface area (TPSA) is 60.2 Å². The van der Waals surface area contributed by atoms with E-state index in [2.05, 4.69) is 22.4 Å². The second kappa shape index (κ2) is 5.96. The highest BCUT2D eigenvalue weighted by Crippen LogP contribution is 2.26. The molecule has 1 atom stereocenters. The maximum Gasteiger partial charge on any atom is 0.228 e. The molecule has 0 radical (unpaired) electrons. The predicted molar refractivity (Wildman–Crippen MR) is 61.2 cm³/mol. The Kier molecular flexibility index (Phi) is 4.89. The van der Waals surface area contributed by atoms with Crippen molar-refractivity contribution >= 4 is 0 Å². The lowest BCUT2D eigenvalue weighted by atomic mass is 10.0. The van der Waals surface area contributed by atoms with Crippen molar-refractivity contribution in [1.82, 2.24) is 15.5 Å². The molecule has 0 saturated carbocycles. The number of rotatable bonds is 7. The molecule has 1 heterocycles. The SMILES string of the molecule is CCOC(C)(CC)c1noc(CCNC)n1. The summed E-state index contributed by atoms with van der Waals surface area (Å²) in [5.74, 6) is 1.30. The minimum atomic E-state index is -0.434. The van der Waals surface area contributed by atoms with Gasteiger partial charge in [0.15, 0.2) is 0 Å².